The molecule has 0 atom stereocenters. The molecule has 0 aromatic heterocycles. The minimum Gasteiger partial charge on any atom is -0.417 e. The summed E-state index contributed by atoms with van der Waals surface area (Å²) in [6.07, 6.45) is 0.657. The molecule has 0 aliphatic heterocycles. The lowest BCUT2D eigenvalue weighted by molar-refractivity contribution is -0.128. The van der Waals surface area contributed by atoms with Crippen molar-refractivity contribution in [2.45, 2.75) is 13.3 Å². The summed E-state index contributed by atoms with van der Waals surface area (Å²) in [6.45, 7) is 1.88. The first-order valence-corrected chi connectivity index (χ1v) is 4.08. The molecular formula is C11H10O2. The predicted octanol–water partition coefficient (Wildman–Crippen LogP) is 2.01. The van der Waals surface area contributed by atoms with Gasteiger partial charge in [-0.2, -0.15) is 0 Å². The van der Waals surface area contributed by atoms with Gasteiger partial charge in [0.15, 0.2) is 0 Å². The van der Waals surface area contributed by atoms with Crippen molar-refractivity contribution < 1.29 is 9.53 Å². The van der Waals surface area contributed by atoms with Gasteiger partial charge in [-0.15, -0.1) is 0 Å². The SMILES string of the molecule is CCC#CC(=O)Oc1ccccc1. The van der Waals surface area contributed by atoms with Gasteiger partial charge in [-0.3, -0.25) is 0 Å². The number of carbonyl (C=O) groups excluding carboxylic acids is 1. The molecule has 1 aromatic carbocycles. The Morgan fingerprint density at radius 1 is 1.38 bits per heavy atom. The summed E-state index contributed by atoms with van der Waals surface area (Å²) in [4.78, 5) is 11.0. The van der Waals surface area contributed by atoms with Crippen molar-refractivity contribution >= 4 is 5.97 Å². The maximum Gasteiger partial charge on any atom is 0.389 e. The molecule has 1 aromatic rings. The third-order valence-electron chi connectivity index (χ3n) is 1.32. The van der Waals surface area contributed by atoms with Crippen molar-refractivity contribution in [1.82, 2.24) is 0 Å². The summed E-state index contributed by atoms with van der Waals surface area (Å²) in [5.74, 6) is 5.03. The Morgan fingerprint density at radius 2 is 2.08 bits per heavy atom. The summed E-state index contributed by atoms with van der Waals surface area (Å²) in [5.41, 5.74) is 0. The van der Waals surface area contributed by atoms with Crippen molar-refractivity contribution in [3.8, 4) is 17.6 Å². The minimum absolute atomic E-state index is 0.506. The van der Waals surface area contributed by atoms with Gasteiger partial charge in [0.25, 0.3) is 0 Å². The molecule has 0 bridgehead atoms. The molecule has 0 amide bonds. The standard InChI is InChI=1S/C11H10O2/c1-2-3-9-11(12)13-10-7-5-4-6-8-10/h4-8H,2H2,1H3. The Kier molecular flexibility index (Phi) is 3.59. The zero-order valence-electron chi connectivity index (χ0n) is 7.41. The lowest BCUT2D eigenvalue weighted by Gasteiger charge is -1.97. The highest BCUT2D eigenvalue weighted by Crippen LogP contribution is 2.07. The van der Waals surface area contributed by atoms with E-state index in [1.54, 1.807) is 24.3 Å². The fraction of sp³-hybridized carbons (Fsp3) is 0.182. The van der Waals surface area contributed by atoms with Crippen LogP contribution in [0.1, 0.15) is 13.3 Å². The van der Waals surface area contributed by atoms with E-state index in [0.29, 0.717) is 12.2 Å². The van der Waals surface area contributed by atoms with Crippen LogP contribution in [0.4, 0.5) is 0 Å². The van der Waals surface area contributed by atoms with Crippen molar-refractivity contribution in [3.05, 3.63) is 30.3 Å². The van der Waals surface area contributed by atoms with Gasteiger partial charge in [0, 0.05) is 12.3 Å². The van der Waals surface area contributed by atoms with Crippen molar-refractivity contribution in [3.63, 3.8) is 0 Å². The number of carbonyl (C=O) groups is 1. The molecule has 0 aliphatic carbocycles. The smallest absolute Gasteiger partial charge is 0.389 e. The third-order valence-corrected chi connectivity index (χ3v) is 1.32. The van der Waals surface area contributed by atoms with Crippen molar-refractivity contribution in [1.29, 1.82) is 0 Å². The van der Waals surface area contributed by atoms with Gasteiger partial charge in [-0.25, -0.2) is 4.79 Å². The molecule has 0 fully saturated rings. The molecule has 0 spiro atoms. The maximum atomic E-state index is 11.0. The summed E-state index contributed by atoms with van der Waals surface area (Å²) in [7, 11) is 0. The van der Waals surface area contributed by atoms with Gasteiger partial charge in [-0.05, 0) is 12.1 Å². The van der Waals surface area contributed by atoms with Crippen molar-refractivity contribution in [2.75, 3.05) is 0 Å². The van der Waals surface area contributed by atoms with Gasteiger partial charge >= 0.3 is 5.97 Å². The second-order valence-corrected chi connectivity index (χ2v) is 2.36. The summed E-state index contributed by atoms with van der Waals surface area (Å²) in [5, 5.41) is 0. The fourth-order valence-electron chi connectivity index (χ4n) is 0.782. The van der Waals surface area contributed by atoms with Gasteiger partial charge in [0.1, 0.15) is 5.75 Å². The lowest BCUT2D eigenvalue weighted by atomic mass is 10.3. The van der Waals surface area contributed by atoms with Crippen LogP contribution in [0.25, 0.3) is 0 Å². The molecule has 13 heavy (non-hydrogen) atoms. The Balaban J connectivity index is 2.55. The number of benzene rings is 1. The molecule has 66 valence electrons. The number of hydrogen-bond acceptors (Lipinski definition) is 2. The summed E-state index contributed by atoms with van der Waals surface area (Å²) < 4.78 is 4.90. The van der Waals surface area contributed by atoms with Crippen LogP contribution in [0.5, 0.6) is 5.75 Å². The first-order valence-electron chi connectivity index (χ1n) is 4.08. The minimum atomic E-state index is -0.506. The zero-order chi connectivity index (χ0) is 9.52. The highest BCUT2D eigenvalue weighted by atomic mass is 16.5. The van der Waals surface area contributed by atoms with Crippen LogP contribution in [-0.2, 0) is 4.79 Å². The molecular weight excluding hydrogens is 164 g/mol. The molecule has 0 saturated heterocycles. The Labute approximate surface area is 77.5 Å². The average Bonchev–Trinajstić information content (AvgIpc) is 2.16. The fourth-order valence-corrected chi connectivity index (χ4v) is 0.782. The average molecular weight is 174 g/mol. The van der Waals surface area contributed by atoms with E-state index in [2.05, 4.69) is 11.8 Å². The molecule has 0 aliphatic rings. The van der Waals surface area contributed by atoms with E-state index in [-0.39, 0.29) is 0 Å². The normalized spacial score (nSPS) is 8.38. The molecule has 0 heterocycles. The van der Waals surface area contributed by atoms with Crippen LogP contribution in [0.3, 0.4) is 0 Å². The van der Waals surface area contributed by atoms with E-state index in [1.165, 1.54) is 0 Å². The topological polar surface area (TPSA) is 26.3 Å². The summed E-state index contributed by atoms with van der Waals surface area (Å²) in [6, 6.07) is 8.89. The first kappa shape index (κ1) is 9.34. The van der Waals surface area contributed by atoms with E-state index >= 15 is 0 Å². The van der Waals surface area contributed by atoms with Crippen LogP contribution >= 0.6 is 0 Å². The van der Waals surface area contributed by atoms with Gasteiger partial charge in [-0.1, -0.05) is 31.0 Å². The molecule has 0 radical (unpaired) electrons. The van der Waals surface area contributed by atoms with Crippen LogP contribution in [0.15, 0.2) is 30.3 Å². The Morgan fingerprint density at radius 3 is 2.69 bits per heavy atom. The first-order chi connectivity index (χ1) is 6.33. The Hall–Kier alpha value is -1.75. The van der Waals surface area contributed by atoms with Crippen molar-refractivity contribution in [2.24, 2.45) is 0 Å². The van der Waals surface area contributed by atoms with Crippen LogP contribution in [0, 0.1) is 11.8 Å². The van der Waals surface area contributed by atoms with Crippen LogP contribution in [-0.4, -0.2) is 5.97 Å². The number of ether oxygens (including phenoxy) is 1. The second kappa shape index (κ2) is 5.00. The largest absolute Gasteiger partial charge is 0.417 e. The lowest BCUT2D eigenvalue weighted by Crippen LogP contribution is -2.03. The highest BCUT2D eigenvalue weighted by molar-refractivity contribution is 5.90. The van der Waals surface area contributed by atoms with Gasteiger partial charge in [0.2, 0.25) is 0 Å². The third kappa shape index (κ3) is 3.44. The second-order valence-electron chi connectivity index (χ2n) is 2.36. The molecule has 0 unspecified atom stereocenters. The van der Waals surface area contributed by atoms with E-state index < -0.39 is 5.97 Å². The van der Waals surface area contributed by atoms with Gasteiger partial charge < -0.3 is 4.74 Å². The molecule has 0 saturated carbocycles. The van der Waals surface area contributed by atoms with E-state index in [9.17, 15) is 4.79 Å². The van der Waals surface area contributed by atoms with E-state index in [1.807, 2.05) is 13.0 Å². The zero-order valence-corrected chi connectivity index (χ0v) is 7.41. The molecule has 2 heteroatoms. The predicted molar refractivity (Wildman–Crippen MR) is 50.1 cm³/mol. The number of esters is 1. The van der Waals surface area contributed by atoms with Crippen LogP contribution < -0.4 is 4.74 Å². The Bertz CT molecular complexity index is 330. The maximum absolute atomic E-state index is 11.0. The summed E-state index contributed by atoms with van der Waals surface area (Å²) >= 11 is 0. The molecule has 0 N–H and O–H groups in total. The number of para-hydroxylation sites is 1. The monoisotopic (exact) mass is 174 g/mol. The molecule has 2 nitrogen and oxygen atoms in total. The number of hydrogen-bond donors (Lipinski definition) is 0. The van der Waals surface area contributed by atoms with Gasteiger partial charge in [0.05, 0.1) is 0 Å². The highest BCUT2D eigenvalue weighted by Gasteiger charge is 1.97. The van der Waals surface area contributed by atoms with E-state index in [4.69, 9.17) is 4.74 Å². The number of rotatable bonds is 1. The van der Waals surface area contributed by atoms with Crippen LogP contribution in [0.2, 0.25) is 0 Å². The quantitative estimate of drug-likeness (QED) is 0.282. The molecule has 1 rings (SSSR count). The van der Waals surface area contributed by atoms with E-state index in [0.717, 1.165) is 0 Å².